The zero-order valence-electron chi connectivity index (χ0n) is 12.1. The topological polar surface area (TPSA) is 70.7 Å². The molecule has 1 heterocycles. The molecule has 0 aliphatic heterocycles. The highest BCUT2D eigenvalue weighted by atomic mass is 35.5. The molecule has 0 bridgehead atoms. The van der Waals surface area contributed by atoms with E-state index < -0.39 is 0 Å². The summed E-state index contributed by atoms with van der Waals surface area (Å²) in [5, 5.41) is 10.7. The number of rotatable bonds is 5. The molecule has 0 saturated carbocycles. The largest absolute Gasteiger partial charge is 0.325 e. The van der Waals surface area contributed by atoms with Crippen molar-refractivity contribution >= 4 is 35.0 Å². The molecule has 2 N–H and O–H groups in total. The first-order chi connectivity index (χ1) is 10.0. The molecule has 1 aromatic carbocycles. The van der Waals surface area contributed by atoms with Crippen molar-refractivity contribution in [2.24, 2.45) is 0 Å². The van der Waals surface area contributed by atoms with Crippen molar-refractivity contribution in [2.75, 3.05) is 5.32 Å². The van der Waals surface area contributed by atoms with Gasteiger partial charge in [-0.15, -0.1) is 5.10 Å². The summed E-state index contributed by atoms with van der Waals surface area (Å²) in [4.78, 5) is 16.5. The van der Waals surface area contributed by atoms with E-state index in [4.69, 9.17) is 11.6 Å². The maximum absolute atomic E-state index is 12.2. The molecule has 0 saturated heterocycles. The third kappa shape index (κ3) is 3.98. The summed E-state index contributed by atoms with van der Waals surface area (Å²) in [5.41, 5.74) is 1.58. The number of aromatic nitrogens is 3. The predicted octanol–water partition coefficient (Wildman–Crippen LogP) is 3.45. The van der Waals surface area contributed by atoms with Gasteiger partial charge in [0.05, 0.1) is 5.25 Å². The van der Waals surface area contributed by atoms with Gasteiger partial charge in [0.2, 0.25) is 11.1 Å². The number of H-pyrrole nitrogens is 1. The standard InChI is InChI=1S/C14H17ClN4OS/c1-4-12-17-14(19-18-12)21-9(3)13(20)16-11-7-5-6-10(15)8(11)2/h5-7,9H,4H2,1-3H3,(H,16,20)(H,17,18,19). The molecule has 1 unspecified atom stereocenters. The maximum atomic E-state index is 12.2. The van der Waals surface area contributed by atoms with Gasteiger partial charge >= 0.3 is 0 Å². The Bertz CT molecular complexity index is 644. The maximum Gasteiger partial charge on any atom is 0.237 e. The summed E-state index contributed by atoms with van der Waals surface area (Å²) in [5.74, 6) is 0.712. The summed E-state index contributed by atoms with van der Waals surface area (Å²) in [6, 6.07) is 5.44. The predicted molar refractivity (Wildman–Crippen MR) is 85.9 cm³/mol. The Labute approximate surface area is 132 Å². The minimum absolute atomic E-state index is 0.104. The van der Waals surface area contributed by atoms with Crippen LogP contribution >= 0.6 is 23.4 Å². The van der Waals surface area contributed by atoms with Crippen LogP contribution < -0.4 is 5.32 Å². The number of hydrogen-bond acceptors (Lipinski definition) is 4. The zero-order chi connectivity index (χ0) is 15.4. The van der Waals surface area contributed by atoms with Gasteiger partial charge in [0.15, 0.2) is 0 Å². The van der Waals surface area contributed by atoms with Crippen molar-refractivity contribution in [1.82, 2.24) is 15.2 Å². The number of nitrogens with zero attached hydrogens (tertiary/aromatic N) is 2. The fourth-order valence-corrected chi connectivity index (χ4v) is 2.60. The third-order valence-corrected chi connectivity index (χ3v) is 4.39. The molecule has 0 spiro atoms. The third-order valence-electron chi connectivity index (χ3n) is 3.02. The number of nitrogens with one attached hydrogen (secondary N) is 2. The monoisotopic (exact) mass is 324 g/mol. The Morgan fingerprint density at radius 3 is 2.95 bits per heavy atom. The Morgan fingerprint density at radius 2 is 2.29 bits per heavy atom. The molecule has 0 fully saturated rings. The molecule has 0 radical (unpaired) electrons. The number of benzene rings is 1. The van der Waals surface area contributed by atoms with Crippen molar-refractivity contribution in [3.05, 3.63) is 34.6 Å². The first-order valence-corrected chi connectivity index (χ1v) is 7.91. The van der Waals surface area contributed by atoms with Crippen LogP contribution in [0.2, 0.25) is 5.02 Å². The lowest BCUT2D eigenvalue weighted by Crippen LogP contribution is -2.23. The molecule has 5 nitrogen and oxygen atoms in total. The van der Waals surface area contributed by atoms with Gasteiger partial charge in [-0.2, -0.15) is 0 Å². The van der Waals surface area contributed by atoms with Gasteiger partial charge in [-0.3, -0.25) is 9.89 Å². The number of hydrogen-bond donors (Lipinski definition) is 2. The Morgan fingerprint density at radius 1 is 1.52 bits per heavy atom. The second kappa shape index (κ2) is 6.95. The van der Waals surface area contributed by atoms with Gasteiger partial charge in [-0.05, 0) is 31.5 Å². The first-order valence-electron chi connectivity index (χ1n) is 6.65. The van der Waals surface area contributed by atoms with E-state index in [-0.39, 0.29) is 11.2 Å². The molecule has 2 aromatic rings. The Kier molecular flexibility index (Phi) is 5.25. The molecule has 21 heavy (non-hydrogen) atoms. The smallest absolute Gasteiger partial charge is 0.237 e. The van der Waals surface area contributed by atoms with Crippen molar-refractivity contribution in [1.29, 1.82) is 0 Å². The van der Waals surface area contributed by atoms with Gasteiger partial charge in [0.25, 0.3) is 0 Å². The van der Waals surface area contributed by atoms with Crippen LogP contribution in [0.15, 0.2) is 23.4 Å². The van der Waals surface area contributed by atoms with Gasteiger partial charge in [-0.1, -0.05) is 36.4 Å². The summed E-state index contributed by atoms with van der Waals surface area (Å²) < 4.78 is 0. The normalized spacial score (nSPS) is 12.2. The number of amides is 1. The highest BCUT2D eigenvalue weighted by molar-refractivity contribution is 8.00. The Balaban J connectivity index is 2.00. The molecule has 112 valence electrons. The molecular weight excluding hydrogens is 308 g/mol. The number of carbonyl (C=O) groups excluding carboxylic acids is 1. The van der Waals surface area contributed by atoms with Gasteiger partial charge in [-0.25, -0.2) is 4.98 Å². The van der Waals surface area contributed by atoms with Gasteiger partial charge < -0.3 is 5.32 Å². The molecular formula is C14H17ClN4OS. The first kappa shape index (κ1) is 15.9. The minimum Gasteiger partial charge on any atom is -0.325 e. The summed E-state index contributed by atoms with van der Waals surface area (Å²) in [7, 11) is 0. The van der Waals surface area contributed by atoms with Crippen LogP contribution in [-0.2, 0) is 11.2 Å². The van der Waals surface area contributed by atoms with Crippen molar-refractivity contribution < 1.29 is 4.79 Å². The lowest BCUT2D eigenvalue weighted by atomic mass is 10.2. The second-order valence-electron chi connectivity index (χ2n) is 4.58. The SMILES string of the molecule is CCc1nc(SC(C)C(=O)Nc2cccc(Cl)c2C)n[nH]1. The number of anilines is 1. The number of halogens is 1. The molecule has 7 heteroatoms. The highest BCUT2D eigenvalue weighted by Gasteiger charge is 2.18. The average Bonchev–Trinajstić information content (AvgIpc) is 2.91. The average molecular weight is 325 g/mol. The summed E-state index contributed by atoms with van der Waals surface area (Å²) in [6.07, 6.45) is 0.788. The van der Waals surface area contributed by atoms with Gasteiger partial charge in [0, 0.05) is 17.1 Å². The van der Waals surface area contributed by atoms with Crippen LogP contribution in [0.5, 0.6) is 0 Å². The van der Waals surface area contributed by atoms with E-state index in [0.29, 0.717) is 10.2 Å². The highest BCUT2D eigenvalue weighted by Crippen LogP contribution is 2.25. The molecule has 1 aromatic heterocycles. The van der Waals surface area contributed by atoms with Crippen LogP contribution in [0.25, 0.3) is 0 Å². The lowest BCUT2D eigenvalue weighted by molar-refractivity contribution is -0.115. The van der Waals surface area contributed by atoms with Crippen LogP contribution in [0, 0.1) is 6.92 Å². The van der Waals surface area contributed by atoms with Crippen molar-refractivity contribution in [3.63, 3.8) is 0 Å². The molecule has 0 aliphatic carbocycles. The zero-order valence-corrected chi connectivity index (χ0v) is 13.7. The van der Waals surface area contributed by atoms with E-state index in [1.807, 2.05) is 32.9 Å². The molecule has 1 amide bonds. The van der Waals surface area contributed by atoms with Gasteiger partial charge in [0.1, 0.15) is 5.82 Å². The van der Waals surface area contributed by atoms with E-state index in [1.54, 1.807) is 6.07 Å². The van der Waals surface area contributed by atoms with E-state index in [0.717, 1.165) is 23.5 Å². The number of aryl methyl sites for hydroxylation is 1. The van der Waals surface area contributed by atoms with Crippen molar-refractivity contribution in [3.8, 4) is 0 Å². The molecule has 1 atom stereocenters. The summed E-state index contributed by atoms with van der Waals surface area (Å²) in [6.45, 7) is 5.69. The Hall–Kier alpha value is -1.53. The van der Waals surface area contributed by atoms with E-state index in [2.05, 4.69) is 20.5 Å². The van der Waals surface area contributed by atoms with E-state index in [9.17, 15) is 4.79 Å². The molecule has 2 rings (SSSR count). The van der Waals surface area contributed by atoms with Crippen molar-refractivity contribution in [2.45, 2.75) is 37.6 Å². The summed E-state index contributed by atoms with van der Waals surface area (Å²) >= 11 is 7.36. The van der Waals surface area contributed by atoms with Crippen LogP contribution in [0.1, 0.15) is 25.2 Å². The molecule has 0 aliphatic rings. The second-order valence-corrected chi connectivity index (χ2v) is 6.30. The fourth-order valence-electron chi connectivity index (χ4n) is 1.68. The number of carbonyl (C=O) groups is 1. The minimum atomic E-state index is -0.302. The van der Waals surface area contributed by atoms with Crippen LogP contribution in [0.3, 0.4) is 0 Å². The van der Waals surface area contributed by atoms with E-state index in [1.165, 1.54) is 11.8 Å². The fraction of sp³-hybridized carbons (Fsp3) is 0.357. The van der Waals surface area contributed by atoms with Crippen LogP contribution in [0.4, 0.5) is 5.69 Å². The quantitative estimate of drug-likeness (QED) is 0.826. The number of aromatic amines is 1. The van der Waals surface area contributed by atoms with Crippen LogP contribution in [-0.4, -0.2) is 26.3 Å². The van der Waals surface area contributed by atoms with E-state index >= 15 is 0 Å². The lowest BCUT2D eigenvalue weighted by Gasteiger charge is -2.12. The number of thioether (sulfide) groups is 1.